The number of carbonyl (C=O) groups excluding carboxylic acids is 1. The molecule has 0 bridgehead atoms. The number of benzene rings is 3. The van der Waals surface area contributed by atoms with Crippen LogP contribution in [0.5, 0.6) is 11.5 Å². The number of hydrogen-bond acceptors (Lipinski definition) is 5. The molecule has 0 atom stereocenters. The van der Waals surface area contributed by atoms with Crippen LogP contribution in [-0.2, 0) is 10.1 Å². The van der Waals surface area contributed by atoms with Crippen molar-refractivity contribution in [2.45, 2.75) is 11.8 Å². The van der Waals surface area contributed by atoms with Crippen molar-refractivity contribution < 1.29 is 22.1 Å². The number of fused-ring (bicyclic) bond motifs is 1. The van der Waals surface area contributed by atoms with Crippen molar-refractivity contribution in [2.75, 3.05) is 0 Å². The molecule has 0 fully saturated rings. The molecule has 7 heteroatoms. The molecule has 0 N–H and O–H groups in total. The number of carbonyl (C=O) groups is 1. The SMILES string of the molecule is Cc1ccc(S(=O)(=O)Oc2ccc3c(c2)O/C(=C\c2cccc(Br)c2)C3=O)cc1. The van der Waals surface area contributed by atoms with Crippen LogP contribution in [0.2, 0.25) is 0 Å². The van der Waals surface area contributed by atoms with Gasteiger partial charge in [0.1, 0.15) is 16.4 Å². The van der Waals surface area contributed by atoms with Gasteiger partial charge in [-0.25, -0.2) is 0 Å². The average molecular weight is 471 g/mol. The molecule has 4 rings (SSSR count). The molecule has 0 unspecified atom stereocenters. The molecule has 0 saturated carbocycles. The molecule has 0 aromatic heterocycles. The van der Waals surface area contributed by atoms with Gasteiger partial charge in [-0.3, -0.25) is 4.79 Å². The minimum atomic E-state index is -3.99. The molecule has 0 radical (unpaired) electrons. The highest BCUT2D eigenvalue weighted by molar-refractivity contribution is 9.10. The first-order chi connectivity index (χ1) is 13.8. The predicted octanol–water partition coefficient (Wildman–Crippen LogP) is 5.14. The lowest BCUT2D eigenvalue weighted by atomic mass is 10.1. The summed E-state index contributed by atoms with van der Waals surface area (Å²) in [6, 6.07) is 18.1. The Morgan fingerprint density at radius 3 is 2.48 bits per heavy atom. The van der Waals surface area contributed by atoms with E-state index in [1.54, 1.807) is 18.2 Å². The molecule has 0 spiro atoms. The lowest BCUT2D eigenvalue weighted by Gasteiger charge is -2.08. The van der Waals surface area contributed by atoms with Gasteiger partial charge in [-0.2, -0.15) is 8.42 Å². The second kappa shape index (κ2) is 7.50. The molecule has 3 aromatic carbocycles. The number of allylic oxidation sites excluding steroid dienone is 1. The van der Waals surface area contributed by atoms with E-state index in [2.05, 4.69) is 15.9 Å². The van der Waals surface area contributed by atoms with Crippen molar-refractivity contribution in [2.24, 2.45) is 0 Å². The highest BCUT2D eigenvalue weighted by atomic mass is 79.9. The zero-order valence-corrected chi connectivity index (χ0v) is 17.7. The summed E-state index contributed by atoms with van der Waals surface area (Å²) in [5, 5.41) is 0. The first-order valence-corrected chi connectivity index (χ1v) is 10.9. The van der Waals surface area contributed by atoms with Gasteiger partial charge in [0.15, 0.2) is 5.76 Å². The quantitative estimate of drug-likeness (QED) is 0.389. The Morgan fingerprint density at radius 2 is 1.76 bits per heavy atom. The van der Waals surface area contributed by atoms with Gasteiger partial charge in [0.2, 0.25) is 5.78 Å². The van der Waals surface area contributed by atoms with Gasteiger partial charge in [0, 0.05) is 10.5 Å². The van der Waals surface area contributed by atoms with E-state index in [0.717, 1.165) is 15.6 Å². The standard InChI is InChI=1S/C22H15BrO5S/c1-14-5-8-18(9-6-14)29(25,26)28-17-7-10-19-20(13-17)27-21(22(19)24)12-15-3-2-4-16(23)11-15/h2-13H,1H3/b21-12-. The maximum absolute atomic E-state index is 12.6. The van der Waals surface area contributed by atoms with E-state index >= 15 is 0 Å². The Bertz CT molecular complexity index is 1240. The van der Waals surface area contributed by atoms with Crippen LogP contribution in [0.25, 0.3) is 6.08 Å². The Labute approximate surface area is 176 Å². The summed E-state index contributed by atoms with van der Waals surface area (Å²) in [6.07, 6.45) is 1.64. The fraction of sp³-hybridized carbons (Fsp3) is 0.0455. The van der Waals surface area contributed by atoms with Crippen LogP contribution in [0.4, 0.5) is 0 Å². The van der Waals surface area contributed by atoms with Crippen LogP contribution in [0.15, 0.2) is 81.9 Å². The number of rotatable bonds is 4. The number of ether oxygens (including phenoxy) is 1. The van der Waals surface area contributed by atoms with Gasteiger partial charge in [0.25, 0.3) is 0 Å². The zero-order valence-electron chi connectivity index (χ0n) is 15.3. The van der Waals surface area contributed by atoms with Crippen molar-refractivity contribution >= 4 is 37.9 Å². The summed E-state index contributed by atoms with van der Waals surface area (Å²) in [7, 11) is -3.99. The lowest BCUT2D eigenvalue weighted by molar-refractivity contribution is 0.101. The molecule has 0 saturated heterocycles. The van der Waals surface area contributed by atoms with Crippen molar-refractivity contribution in [3.63, 3.8) is 0 Å². The van der Waals surface area contributed by atoms with E-state index in [0.29, 0.717) is 5.56 Å². The van der Waals surface area contributed by atoms with Gasteiger partial charge < -0.3 is 8.92 Å². The molecule has 0 aliphatic carbocycles. The highest BCUT2D eigenvalue weighted by Gasteiger charge is 2.28. The van der Waals surface area contributed by atoms with E-state index < -0.39 is 10.1 Å². The van der Waals surface area contributed by atoms with E-state index in [9.17, 15) is 13.2 Å². The Balaban J connectivity index is 1.60. The molecule has 1 aliphatic rings. The summed E-state index contributed by atoms with van der Waals surface area (Å²) in [5.41, 5.74) is 2.10. The fourth-order valence-electron chi connectivity index (χ4n) is 2.85. The van der Waals surface area contributed by atoms with Gasteiger partial charge in [-0.1, -0.05) is 45.8 Å². The number of Topliss-reactive ketones (excluding diaryl/α,β-unsaturated/α-hetero) is 1. The van der Waals surface area contributed by atoms with E-state index in [4.69, 9.17) is 8.92 Å². The van der Waals surface area contributed by atoms with Crippen molar-refractivity contribution in [3.8, 4) is 11.5 Å². The third-order valence-corrected chi connectivity index (χ3v) is 6.06. The summed E-state index contributed by atoms with van der Waals surface area (Å²) in [4.78, 5) is 12.6. The summed E-state index contributed by atoms with van der Waals surface area (Å²) >= 11 is 3.39. The van der Waals surface area contributed by atoms with Crippen LogP contribution in [0.3, 0.4) is 0 Å². The van der Waals surface area contributed by atoms with Crippen molar-refractivity contribution in [1.29, 1.82) is 0 Å². The van der Waals surface area contributed by atoms with Crippen LogP contribution < -0.4 is 8.92 Å². The van der Waals surface area contributed by atoms with Crippen LogP contribution in [-0.4, -0.2) is 14.2 Å². The number of aryl methyl sites for hydroxylation is 1. The van der Waals surface area contributed by atoms with E-state index in [1.807, 2.05) is 31.2 Å². The normalized spacial score (nSPS) is 14.6. The Hall–Kier alpha value is -2.90. The second-order valence-corrected chi connectivity index (χ2v) is 8.97. The number of ketones is 1. The minimum absolute atomic E-state index is 0.0517. The Morgan fingerprint density at radius 1 is 1.00 bits per heavy atom. The van der Waals surface area contributed by atoms with Crippen LogP contribution >= 0.6 is 15.9 Å². The first-order valence-electron chi connectivity index (χ1n) is 8.67. The van der Waals surface area contributed by atoms with Crippen molar-refractivity contribution in [3.05, 3.63) is 93.7 Å². The third kappa shape index (κ3) is 4.11. The Kier molecular flexibility index (Phi) is 5.02. The monoisotopic (exact) mass is 470 g/mol. The summed E-state index contributed by atoms with van der Waals surface area (Å²) in [6.45, 7) is 1.87. The topological polar surface area (TPSA) is 69.7 Å². The van der Waals surface area contributed by atoms with Gasteiger partial charge >= 0.3 is 10.1 Å². The molecule has 5 nitrogen and oxygen atoms in total. The van der Waals surface area contributed by atoms with Crippen molar-refractivity contribution in [1.82, 2.24) is 0 Å². The lowest BCUT2D eigenvalue weighted by Crippen LogP contribution is -2.09. The molecular formula is C22H15BrO5S. The molecule has 0 amide bonds. The first kappa shape index (κ1) is 19.4. The second-order valence-electron chi connectivity index (χ2n) is 6.50. The molecule has 1 heterocycles. The number of halogens is 1. The smallest absolute Gasteiger partial charge is 0.339 e. The summed E-state index contributed by atoms with van der Waals surface area (Å²) in [5.74, 6) is 0.221. The van der Waals surface area contributed by atoms with Gasteiger partial charge in [-0.05, 0) is 55.0 Å². The molecule has 1 aliphatic heterocycles. The molecule has 146 valence electrons. The largest absolute Gasteiger partial charge is 0.452 e. The average Bonchev–Trinajstić information content (AvgIpc) is 2.97. The maximum atomic E-state index is 12.6. The highest BCUT2D eigenvalue weighted by Crippen LogP contribution is 2.35. The van der Waals surface area contributed by atoms with Crippen LogP contribution in [0.1, 0.15) is 21.5 Å². The summed E-state index contributed by atoms with van der Waals surface area (Å²) < 4.78 is 36.7. The zero-order chi connectivity index (χ0) is 20.6. The van der Waals surface area contributed by atoms with Gasteiger partial charge in [-0.15, -0.1) is 0 Å². The maximum Gasteiger partial charge on any atom is 0.339 e. The van der Waals surface area contributed by atoms with Crippen LogP contribution in [0, 0.1) is 6.92 Å². The van der Waals surface area contributed by atoms with Gasteiger partial charge in [0.05, 0.1) is 5.56 Å². The fourth-order valence-corrected chi connectivity index (χ4v) is 4.19. The van der Waals surface area contributed by atoms with E-state index in [-0.39, 0.29) is 27.9 Å². The molecular weight excluding hydrogens is 456 g/mol. The third-order valence-electron chi connectivity index (χ3n) is 4.30. The number of hydrogen-bond donors (Lipinski definition) is 0. The predicted molar refractivity (Wildman–Crippen MR) is 113 cm³/mol. The minimum Gasteiger partial charge on any atom is -0.452 e. The molecule has 29 heavy (non-hydrogen) atoms. The molecule has 3 aromatic rings. The van der Waals surface area contributed by atoms with E-state index in [1.165, 1.54) is 30.3 Å².